The molecule has 0 saturated carbocycles. The van der Waals surface area contributed by atoms with E-state index in [4.69, 9.17) is 19.0 Å². The summed E-state index contributed by atoms with van der Waals surface area (Å²) in [5.74, 6) is 0.365. The van der Waals surface area contributed by atoms with Gasteiger partial charge in [-0.1, -0.05) is 39.8 Å². The normalized spacial score (nSPS) is 12.4. The lowest BCUT2D eigenvalue weighted by atomic mass is 9.82. The summed E-state index contributed by atoms with van der Waals surface area (Å²) in [6.45, 7) is 10.6. The van der Waals surface area contributed by atoms with Gasteiger partial charge in [-0.25, -0.2) is 4.79 Å². The number of fused-ring (bicyclic) bond motifs is 1. The van der Waals surface area contributed by atoms with E-state index in [9.17, 15) is 4.79 Å². The van der Waals surface area contributed by atoms with Crippen molar-refractivity contribution >= 4 is 22.5 Å². The molecule has 0 spiro atoms. The van der Waals surface area contributed by atoms with Gasteiger partial charge in [-0.3, -0.25) is 0 Å². The number of hydrogen-bond donors (Lipinski definition) is 1. The smallest absolute Gasteiger partial charge is 0.328 e. The summed E-state index contributed by atoms with van der Waals surface area (Å²) in [6.07, 6.45) is 2.06. The molecule has 0 bridgehead atoms. The Morgan fingerprint density at radius 3 is 2.52 bits per heavy atom. The van der Waals surface area contributed by atoms with E-state index in [0.29, 0.717) is 16.9 Å². The topological polar surface area (TPSA) is 68.9 Å². The second kappa shape index (κ2) is 8.98. The van der Waals surface area contributed by atoms with Crippen molar-refractivity contribution in [3.63, 3.8) is 0 Å². The largest absolute Gasteiger partial charge is 0.478 e. The molecule has 0 unspecified atom stereocenters. The van der Waals surface area contributed by atoms with Crippen LogP contribution in [-0.2, 0) is 21.4 Å². The zero-order valence-electron chi connectivity index (χ0n) is 19.0. The average molecular weight is 423 g/mol. The molecule has 1 N–H and O–H groups in total. The molecule has 0 aliphatic rings. The molecular weight excluding hydrogens is 392 g/mol. The zero-order chi connectivity index (χ0) is 22.8. The van der Waals surface area contributed by atoms with Crippen LogP contribution in [0.3, 0.4) is 0 Å². The average Bonchev–Trinajstić information content (AvgIpc) is 3.14. The van der Waals surface area contributed by atoms with Crippen molar-refractivity contribution in [3.8, 4) is 16.9 Å². The van der Waals surface area contributed by atoms with E-state index < -0.39 is 5.97 Å². The first-order valence-corrected chi connectivity index (χ1v) is 10.4. The number of carboxylic acids is 1. The molecule has 0 fully saturated rings. The van der Waals surface area contributed by atoms with Gasteiger partial charge in [0.25, 0.3) is 0 Å². The molecule has 5 nitrogen and oxygen atoms in total. The van der Waals surface area contributed by atoms with Crippen LogP contribution in [0.2, 0.25) is 0 Å². The van der Waals surface area contributed by atoms with Gasteiger partial charge in [-0.05, 0) is 59.7 Å². The van der Waals surface area contributed by atoms with Gasteiger partial charge in [-0.2, -0.15) is 0 Å². The Morgan fingerprint density at radius 1 is 1.16 bits per heavy atom. The third kappa shape index (κ3) is 5.00. The van der Waals surface area contributed by atoms with Crippen LogP contribution in [0, 0.1) is 0 Å². The van der Waals surface area contributed by atoms with Crippen molar-refractivity contribution in [2.45, 2.75) is 46.5 Å². The van der Waals surface area contributed by atoms with Gasteiger partial charge in [0.1, 0.15) is 17.1 Å². The number of hydrogen-bond acceptors (Lipinski definition) is 4. The highest BCUT2D eigenvalue weighted by molar-refractivity contribution is 5.92. The minimum absolute atomic E-state index is 0.103. The second-order valence-corrected chi connectivity index (χ2v) is 8.70. The van der Waals surface area contributed by atoms with Crippen LogP contribution >= 0.6 is 0 Å². The monoisotopic (exact) mass is 422 g/mol. The Bertz CT molecular complexity index is 1130. The SMILES string of the molecule is CCc1cc(-c2ccc3oc(/C(C)=C/C(=O)O)cc3c2)c(OCOC)c(C(C)(C)C)c1. The summed E-state index contributed by atoms with van der Waals surface area (Å²) in [6, 6.07) is 12.2. The van der Waals surface area contributed by atoms with Crippen LogP contribution < -0.4 is 4.74 Å². The Morgan fingerprint density at radius 2 is 1.90 bits per heavy atom. The maximum Gasteiger partial charge on any atom is 0.328 e. The molecule has 0 aliphatic heterocycles. The highest BCUT2D eigenvalue weighted by Gasteiger charge is 2.24. The lowest BCUT2D eigenvalue weighted by Gasteiger charge is -2.26. The number of carbonyl (C=O) groups is 1. The fourth-order valence-corrected chi connectivity index (χ4v) is 3.60. The summed E-state index contributed by atoms with van der Waals surface area (Å²) >= 11 is 0. The number of carboxylic acid groups (broad SMARTS) is 1. The van der Waals surface area contributed by atoms with Gasteiger partial charge in [-0.15, -0.1) is 0 Å². The predicted molar refractivity (Wildman–Crippen MR) is 124 cm³/mol. The second-order valence-electron chi connectivity index (χ2n) is 8.70. The molecule has 0 aliphatic carbocycles. The number of aryl methyl sites for hydroxylation is 1. The Hall–Kier alpha value is -3.05. The summed E-state index contributed by atoms with van der Waals surface area (Å²) in [7, 11) is 1.61. The predicted octanol–water partition coefficient (Wildman–Crippen LogP) is 6.43. The molecule has 1 heterocycles. The van der Waals surface area contributed by atoms with Crippen molar-refractivity contribution in [1.82, 2.24) is 0 Å². The van der Waals surface area contributed by atoms with Crippen LogP contribution in [0.15, 0.2) is 46.9 Å². The number of methoxy groups -OCH3 is 1. The highest BCUT2D eigenvalue weighted by atomic mass is 16.7. The summed E-state index contributed by atoms with van der Waals surface area (Å²) in [5.41, 5.74) is 5.55. The Kier molecular flexibility index (Phi) is 6.56. The van der Waals surface area contributed by atoms with E-state index in [1.807, 2.05) is 18.2 Å². The van der Waals surface area contributed by atoms with Crippen LogP contribution in [0.4, 0.5) is 0 Å². The van der Waals surface area contributed by atoms with E-state index >= 15 is 0 Å². The van der Waals surface area contributed by atoms with Crippen molar-refractivity contribution in [1.29, 1.82) is 0 Å². The van der Waals surface area contributed by atoms with Gasteiger partial charge < -0.3 is 19.0 Å². The number of rotatable bonds is 7. The van der Waals surface area contributed by atoms with E-state index in [-0.39, 0.29) is 12.2 Å². The first kappa shape index (κ1) is 22.6. The molecule has 3 rings (SSSR count). The number of furan rings is 1. The van der Waals surface area contributed by atoms with E-state index in [1.54, 1.807) is 14.0 Å². The summed E-state index contributed by atoms with van der Waals surface area (Å²) < 4.78 is 17.1. The van der Waals surface area contributed by atoms with E-state index in [2.05, 4.69) is 45.9 Å². The van der Waals surface area contributed by atoms with E-state index in [0.717, 1.165) is 40.3 Å². The van der Waals surface area contributed by atoms with Crippen LogP contribution in [-0.4, -0.2) is 25.0 Å². The molecule has 3 aromatic rings. The van der Waals surface area contributed by atoms with Crippen LogP contribution in [0.5, 0.6) is 5.75 Å². The molecular formula is C26H30O5. The summed E-state index contributed by atoms with van der Waals surface area (Å²) in [5, 5.41) is 9.92. The fourth-order valence-electron chi connectivity index (χ4n) is 3.60. The fraction of sp³-hybridized carbons (Fsp3) is 0.346. The van der Waals surface area contributed by atoms with Gasteiger partial charge in [0.15, 0.2) is 6.79 Å². The molecule has 31 heavy (non-hydrogen) atoms. The first-order valence-electron chi connectivity index (χ1n) is 10.4. The Balaban J connectivity index is 2.19. The maximum atomic E-state index is 11.0. The minimum Gasteiger partial charge on any atom is -0.478 e. The molecule has 0 saturated heterocycles. The van der Waals surface area contributed by atoms with Crippen molar-refractivity contribution in [2.24, 2.45) is 0 Å². The first-order chi connectivity index (χ1) is 14.6. The molecule has 164 valence electrons. The van der Waals surface area contributed by atoms with Gasteiger partial charge >= 0.3 is 5.97 Å². The van der Waals surface area contributed by atoms with E-state index in [1.165, 1.54) is 5.56 Å². The molecule has 5 heteroatoms. The van der Waals surface area contributed by atoms with Crippen molar-refractivity contribution < 1.29 is 23.8 Å². The molecule has 0 amide bonds. The van der Waals surface area contributed by atoms with Crippen LogP contribution in [0.1, 0.15) is 51.5 Å². The Labute approximate surface area is 183 Å². The quantitative estimate of drug-likeness (QED) is 0.351. The molecule has 0 radical (unpaired) electrons. The minimum atomic E-state index is -0.996. The summed E-state index contributed by atoms with van der Waals surface area (Å²) in [4.78, 5) is 11.0. The number of aliphatic carboxylic acids is 1. The van der Waals surface area contributed by atoms with Crippen molar-refractivity contribution in [2.75, 3.05) is 13.9 Å². The lowest BCUT2D eigenvalue weighted by molar-refractivity contribution is -0.131. The standard InChI is InChI=1S/C26H30O5/c1-7-17-11-20(25(30-15-29-6)21(12-17)26(3,4)5)18-8-9-22-19(13-18)14-23(31-22)16(2)10-24(27)28/h8-14H,7,15H2,1-6H3,(H,27,28)/b16-10+. The number of ether oxygens (including phenoxy) is 2. The third-order valence-electron chi connectivity index (χ3n) is 5.24. The molecule has 2 aromatic carbocycles. The van der Waals surface area contributed by atoms with Gasteiger partial charge in [0, 0.05) is 29.7 Å². The maximum absolute atomic E-state index is 11.0. The van der Waals surface area contributed by atoms with Gasteiger partial charge in [0.05, 0.1) is 0 Å². The molecule has 0 atom stereocenters. The van der Waals surface area contributed by atoms with Gasteiger partial charge in [0.2, 0.25) is 0 Å². The number of benzene rings is 2. The number of allylic oxidation sites excluding steroid dienone is 1. The molecule has 1 aromatic heterocycles. The van der Waals surface area contributed by atoms with Crippen LogP contribution in [0.25, 0.3) is 27.7 Å². The highest BCUT2D eigenvalue weighted by Crippen LogP contribution is 2.41. The lowest BCUT2D eigenvalue weighted by Crippen LogP contribution is -2.15. The third-order valence-corrected chi connectivity index (χ3v) is 5.24. The zero-order valence-corrected chi connectivity index (χ0v) is 19.0. The van der Waals surface area contributed by atoms with Crippen molar-refractivity contribution in [3.05, 3.63) is 59.4 Å².